The van der Waals surface area contributed by atoms with E-state index in [1.807, 2.05) is 0 Å². The second-order valence-electron chi connectivity index (χ2n) is 4.18. The third-order valence-electron chi connectivity index (χ3n) is 2.69. The molecule has 0 saturated carbocycles. The van der Waals surface area contributed by atoms with Crippen LogP contribution in [0, 0.1) is 6.92 Å². The molecule has 0 unspecified atom stereocenters. The van der Waals surface area contributed by atoms with Crippen LogP contribution in [-0.4, -0.2) is 34.1 Å². The number of carbonyl (C=O) groups excluding carboxylic acids is 1. The van der Waals surface area contributed by atoms with E-state index in [2.05, 4.69) is 9.46 Å². The molecule has 0 aliphatic rings. The highest BCUT2D eigenvalue weighted by molar-refractivity contribution is 7.89. The van der Waals surface area contributed by atoms with Gasteiger partial charge in [-0.25, -0.2) is 17.9 Å². The van der Waals surface area contributed by atoms with Crippen molar-refractivity contribution in [3.8, 4) is 0 Å². The molecule has 0 amide bonds. The van der Waals surface area contributed by atoms with Crippen LogP contribution in [0.3, 0.4) is 0 Å². The predicted octanol–water partition coefficient (Wildman–Crippen LogP) is 0.829. The van der Waals surface area contributed by atoms with Gasteiger partial charge in [0.05, 0.1) is 17.6 Å². The van der Waals surface area contributed by atoms with Crippen LogP contribution >= 0.6 is 12.4 Å². The Labute approximate surface area is 125 Å². The molecule has 0 aromatic heterocycles. The molecule has 6 nitrogen and oxygen atoms in total. The number of hydrogen-bond donors (Lipinski definition) is 2. The molecule has 0 heterocycles. The molecule has 8 heteroatoms. The third kappa shape index (κ3) is 4.17. The summed E-state index contributed by atoms with van der Waals surface area (Å²) in [5.74, 6) is -0.568. The largest absolute Gasteiger partial charge is 0.465 e. The molecule has 0 spiro atoms. The van der Waals surface area contributed by atoms with Crippen molar-refractivity contribution in [3.05, 3.63) is 29.3 Å². The first-order chi connectivity index (χ1) is 8.83. The van der Waals surface area contributed by atoms with Crippen LogP contribution in [0.25, 0.3) is 0 Å². The quantitative estimate of drug-likeness (QED) is 0.782. The van der Waals surface area contributed by atoms with Gasteiger partial charge in [0.15, 0.2) is 0 Å². The second kappa shape index (κ2) is 7.58. The van der Waals surface area contributed by atoms with Crippen LogP contribution in [0.5, 0.6) is 0 Å². The first-order valence-electron chi connectivity index (χ1n) is 5.73. The van der Waals surface area contributed by atoms with E-state index in [0.29, 0.717) is 5.56 Å². The van der Waals surface area contributed by atoms with Gasteiger partial charge in [-0.15, -0.1) is 12.4 Å². The number of methoxy groups -OCH3 is 1. The van der Waals surface area contributed by atoms with Crippen LogP contribution in [0.15, 0.2) is 23.1 Å². The van der Waals surface area contributed by atoms with Gasteiger partial charge < -0.3 is 10.5 Å². The molecular formula is C12H19ClN2O4S. The lowest BCUT2D eigenvalue weighted by atomic mass is 10.1. The van der Waals surface area contributed by atoms with Gasteiger partial charge in [0.2, 0.25) is 10.0 Å². The molecule has 20 heavy (non-hydrogen) atoms. The number of benzene rings is 1. The van der Waals surface area contributed by atoms with Crippen molar-refractivity contribution in [2.45, 2.75) is 24.8 Å². The number of ether oxygens (including phenoxy) is 1. The second-order valence-corrected chi connectivity index (χ2v) is 5.86. The van der Waals surface area contributed by atoms with Gasteiger partial charge in [-0.2, -0.15) is 0 Å². The molecule has 3 N–H and O–H groups in total. The van der Waals surface area contributed by atoms with E-state index in [1.165, 1.54) is 25.3 Å². The Morgan fingerprint density at radius 3 is 2.55 bits per heavy atom. The topological polar surface area (TPSA) is 98.5 Å². The molecule has 0 saturated heterocycles. The molecule has 1 rings (SSSR count). The molecule has 114 valence electrons. The summed E-state index contributed by atoms with van der Waals surface area (Å²) in [5.41, 5.74) is 5.97. The van der Waals surface area contributed by atoms with Crippen molar-refractivity contribution >= 4 is 28.4 Å². The minimum atomic E-state index is -3.70. The Morgan fingerprint density at radius 1 is 1.45 bits per heavy atom. The number of sulfonamides is 1. The van der Waals surface area contributed by atoms with Gasteiger partial charge >= 0.3 is 5.97 Å². The summed E-state index contributed by atoms with van der Waals surface area (Å²) in [6, 6.07) is 4.08. The van der Waals surface area contributed by atoms with Crippen LogP contribution in [0.4, 0.5) is 0 Å². The van der Waals surface area contributed by atoms with E-state index in [0.717, 1.165) is 0 Å². The molecule has 0 radical (unpaired) electrons. The number of esters is 1. The first kappa shape index (κ1) is 18.9. The summed E-state index contributed by atoms with van der Waals surface area (Å²) in [4.78, 5) is 11.6. The van der Waals surface area contributed by atoms with Crippen molar-refractivity contribution in [3.63, 3.8) is 0 Å². The van der Waals surface area contributed by atoms with Gasteiger partial charge in [-0.1, -0.05) is 6.07 Å². The molecule has 0 bridgehead atoms. The van der Waals surface area contributed by atoms with Crippen LogP contribution in [0.2, 0.25) is 0 Å². The molecule has 1 aromatic carbocycles. The summed E-state index contributed by atoms with van der Waals surface area (Å²) in [5, 5.41) is 0. The van der Waals surface area contributed by atoms with Crippen molar-refractivity contribution in [2.24, 2.45) is 5.73 Å². The Kier molecular flexibility index (Phi) is 7.15. The minimum absolute atomic E-state index is 0. The number of nitrogens with one attached hydrogen (secondary N) is 1. The summed E-state index contributed by atoms with van der Waals surface area (Å²) in [6.07, 6.45) is 0. The molecule has 0 aliphatic heterocycles. The molecule has 1 aromatic rings. The van der Waals surface area contributed by atoms with Gasteiger partial charge in [0.1, 0.15) is 0 Å². The van der Waals surface area contributed by atoms with Crippen LogP contribution in [0.1, 0.15) is 22.8 Å². The number of nitrogens with two attached hydrogens (primary N) is 1. The Bertz CT molecular complexity index is 575. The minimum Gasteiger partial charge on any atom is -0.465 e. The van der Waals surface area contributed by atoms with E-state index in [9.17, 15) is 13.2 Å². The van der Waals surface area contributed by atoms with Gasteiger partial charge in [-0.05, 0) is 31.5 Å². The van der Waals surface area contributed by atoms with Gasteiger partial charge in [0.25, 0.3) is 0 Å². The summed E-state index contributed by atoms with van der Waals surface area (Å²) < 4.78 is 31.4. The first-order valence-corrected chi connectivity index (χ1v) is 7.22. The average molecular weight is 323 g/mol. The van der Waals surface area contributed by atoms with Crippen LogP contribution in [-0.2, 0) is 14.8 Å². The lowest BCUT2D eigenvalue weighted by Gasteiger charge is -2.15. The van der Waals surface area contributed by atoms with Gasteiger partial charge in [-0.3, -0.25) is 0 Å². The summed E-state index contributed by atoms with van der Waals surface area (Å²) in [7, 11) is -2.46. The van der Waals surface area contributed by atoms with E-state index < -0.39 is 16.0 Å². The highest BCUT2D eigenvalue weighted by atomic mass is 35.5. The maximum Gasteiger partial charge on any atom is 0.338 e. The third-order valence-corrected chi connectivity index (χ3v) is 4.42. The number of halogens is 1. The van der Waals surface area contributed by atoms with E-state index >= 15 is 0 Å². The Hall–Kier alpha value is -1.15. The van der Waals surface area contributed by atoms with E-state index in [4.69, 9.17) is 5.73 Å². The average Bonchev–Trinajstić information content (AvgIpc) is 2.37. The normalized spacial score (nSPS) is 12.4. The molecule has 1 atom stereocenters. The Balaban J connectivity index is 0.00000361. The molecular weight excluding hydrogens is 304 g/mol. The summed E-state index contributed by atoms with van der Waals surface area (Å²) >= 11 is 0. The fraction of sp³-hybridized carbons (Fsp3) is 0.417. The molecule has 0 fully saturated rings. The highest BCUT2D eigenvalue weighted by Gasteiger charge is 2.22. The highest BCUT2D eigenvalue weighted by Crippen LogP contribution is 2.19. The molecule has 0 aliphatic carbocycles. The smallest absolute Gasteiger partial charge is 0.338 e. The lowest BCUT2D eigenvalue weighted by Crippen LogP contribution is -2.38. The van der Waals surface area contributed by atoms with Crippen molar-refractivity contribution in [1.82, 2.24) is 4.72 Å². The Morgan fingerprint density at radius 2 is 2.05 bits per heavy atom. The van der Waals surface area contributed by atoms with Crippen molar-refractivity contribution in [1.29, 1.82) is 0 Å². The van der Waals surface area contributed by atoms with E-state index in [1.54, 1.807) is 13.8 Å². The van der Waals surface area contributed by atoms with Crippen molar-refractivity contribution < 1.29 is 17.9 Å². The summed E-state index contributed by atoms with van der Waals surface area (Å²) in [6.45, 7) is 3.42. The van der Waals surface area contributed by atoms with Crippen molar-refractivity contribution in [2.75, 3.05) is 13.7 Å². The number of hydrogen-bond acceptors (Lipinski definition) is 5. The lowest BCUT2D eigenvalue weighted by molar-refractivity contribution is 0.0599. The predicted molar refractivity (Wildman–Crippen MR) is 78.6 cm³/mol. The zero-order valence-electron chi connectivity index (χ0n) is 11.5. The number of rotatable bonds is 5. The maximum absolute atomic E-state index is 12.2. The zero-order chi connectivity index (χ0) is 14.6. The zero-order valence-corrected chi connectivity index (χ0v) is 13.2. The SMILES string of the molecule is COC(=O)c1cccc(S(=O)(=O)N[C@@H](C)CN)c1C.Cl. The standard InChI is InChI=1S/C12H18N2O4S.ClH/c1-8(7-13)14-19(16,17)11-6-4-5-10(9(11)2)12(15)18-3;/h4-6,8,14H,7,13H2,1-3H3;1H/t8-;/m0./s1. The fourth-order valence-electron chi connectivity index (χ4n) is 1.61. The number of carbonyl (C=O) groups is 1. The maximum atomic E-state index is 12.2. The monoisotopic (exact) mass is 322 g/mol. The van der Waals surface area contributed by atoms with Gasteiger partial charge in [0, 0.05) is 12.6 Å². The van der Waals surface area contributed by atoms with Crippen LogP contribution < -0.4 is 10.5 Å². The fourth-order valence-corrected chi connectivity index (χ4v) is 3.14. The van der Waals surface area contributed by atoms with E-state index in [-0.39, 0.29) is 35.5 Å².